The van der Waals surface area contributed by atoms with Gasteiger partial charge >= 0.3 is 6.09 Å². The van der Waals surface area contributed by atoms with Gasteiger partial charge in [0.25, 0.3) is 0 Å². The van der Waals surface area contributed by atoms with Crippen molar-refractivity contribution in [2.24, 2.45) is 11.8 Å². The van der Waals surface area contributed by atoms with E-state index in [0.29, 0.717) is 37.8 Å². The first-order valence-electron chi connectivity index (χ1n) is 13.0. The molecule has 3 aliphatic rings. The van der Waals surface area contributed by atoms with Gasteiger partial charge in [-0.2, -0.15) is 0 Å². The summed E-state index contributed by atoms with van der Waals surface area (Å²) in [6.07, 6.45) is 7.77. The van der Waals surface area contributed by atoms with Gasteiger partial charge in [-0.05, 0) is 60.6 Å². The number of rotatable bonds is 4. The van der Waals surface area contributed by atoms with Crippen LogP contribution in [0.5, 0.6) is 0 Å². The van der Waals surface area contributed by atoms with Crippen molar-refractivity contribution in [3.63, 3.8) is 0 Å². The number of amides is 3. The van der Waals surface area contributed by atoms with Crippen molar-refractivity contribution >= 4 is 34.5 Å². The van der Waals surface area contributed by atoms with Crippen LogP contribution in [-0.4, -0.2) is 65.0 Å². The summed E-state index contributed by atoms with van der Waals surface area (Å²) in [5.41, 5.74) is 6.93. The maximum atomic E-state index is 13.9. The fourth-order valence-corrected chi connectivity index (χ4v) is 6.45. The van der Waals surface area contributed by atoms with Crippen LogP contribution in [-0.2, 0) is 20.9 Å². The third kappa shape index (κ3) is 4.58. The van der Waals surface area contributed by atoms with Crippen LogP contribution >= 0.6 is 0 Å². The van der Waals surface area contributed by atoms with E-state index in [-0.39, 0.29) is 17.7 Å². The summed E-state index contributed by atoms with van der Waals surface area (Å²) in [7, 11) is 1.36. The molecule has 5 rings (SSSR count). The molecule has 3 unspecified atom stereocenters. The van der Waals surface area contributed by atoms with Crippen molar-refractivity contribution in [2.45, 2.75) is 63.6 Å². The summed E-state index contributed by atoms with van der Waals surface area (Å²) in [5, 5.41) is 4.86. The highest BCUT2D eigenvalue weighted by atomic mass is 16.5. The largest absolute Gasteiger partial charge is 0.453 e. The third-order valence-corrected chi connectivity index (χ3v) is 8.28. The molecule has 3 fully saturated rings. The lowest BCUT2D eigenvalue weighted by atomic mass is 9.70. The second-order valence-corrected chi connectivity index (χ2v) is 10.3. The molecule has 1 aliphatic carbocycles. The number of nitrogen functional groups attached to an aromatic ring is 1. The second kappa shape index (κ2) is 10.3. The van der Waals surface area contributed by atoms with Crippen molar-refractivity contribution in [2.75, 3.05) is 25.9 Å². The monoisotopic (exact) mass is 493 g/mol. The molecule has 3 heterocycles. The SMILES string of the molecule is COC(=O)N1CCC2CCCCC2C1C(=O)N1CCC[C@H]1C(=O)NCc1ccc2ccnc(N)c2c1. The molecule has 4 atom stereocenters. The van der Waals surface area contributed by atoms with E-state index in [2.05, 4.69) is 10.3 Å². The molecule has 2 saturated heterocycles. The molecule has 2 aliphatic heterocycles. The van der Waals surface area contributed by atoms with Gasteiger partial charge in [-0.3, -0.25) is 14.5 Å². The normalized spacial score (nSPS) is 25.9. The van der Waals surface area contributed by atoms with Gasteiger partial charge in [0, 0.05) is 31.2 Å². The van der Waals surface area contributed by atoms with Crippen LogP contribution in [0.1, 0.15) is 50.5 Å². The minimum Gasteiger partial charge on any atom is -0.453 e. The van der Waals surface area contributed by atoms with Crippen molar-refractivity contribution in [1.82, 2.24) is 20.1 Å². The molecule has 1 aromatic heterocycles. The quantitative estimate of drug-likeness (QED) is 0.676. The van der Waals surface area contributed by atoms with Crippen molar-refractivity contribution < 1.29 is 19.1 Å². The number of piperidine rings is 1. The van der Waals surface area contributed by atoms with E-state index in [1.165, 1.54) is 13.5 Å². The van der Waals surface area contributed by atoms with Gasteiger partial charge in [-0.15, -0.1) is 0 Å². The van der Waals surface area contributed by atoms with E-state index in [1.807, 2.05) is 24.3 Å². The zero-order valence-electron chi connectivity index (χ0n) is 20.8. The zero-order chi connectivity index (χ0) is 25.2. The summed E-state index contributed by atoms with van der Waals surface area (Å²) in [4.78, 5) is 47.2. The number of benzene rings is 1. The number of fused-ring (bicyclic) bond motifs is 2. The number of likely N-dealkylation sites (tertiary alicyclic amines) is 2. The number of hydrogen-bond acceptors (Lipinski definition) is 6. The van der Waals surface area contributed by atoms with Gasteiger partial charge in [0.15, 0.2) is 0 Å². The number of hydrogen-bond donors (Lipinski definition) is 2. The lowest BCUT2D eigenvalue weighted by Crippen LogP contribution is -2.61. The average Bonchev–Trinajstić information content (AvgIpc) is 3.41. The Morgan fingerprint density at radius 2 is 1.89 bits per heavy atom. The number of nitrogens with one attached hydrogen (secondary N) is 1. The number of nitrogens with two attached hydrogens (primary N) is 1. The summed E-state index contributed by atoms with van der Waals surface area (Å²) < 4.78 is 5.04. The standard InChI is InChI=1S/C27H35N5O4/c1-36-27(35)32-14-11-18-5-2-3-6-20(18)23(32)26(34)31-13-4-7-22(31)25(33)30-16-17-8-9-19-10-12-29-24(28)21(19)15-17/h8-10,12,15,18,20,22-23H,2-7,11,13-14,16H2,1H3,(H2,28,29)(H,30,33)/t18?,20?,22-,23?/m0/s1. The maximum Gasteiger partial charge on any atom is 0.410 e. The van der Waals surface area contributed by atoms with Crippen molar-refractivity contribution in [3.8, 4) is 0 Å². The fourth-order valence-electron chi connectivity index (χ4n) is 6.45. The number of carbonyl (C=O) groups is 3. The molecule has 9 heteroatoms. The van der Waals surface area contributed by atoms with Gasteiger partial charge in [-0.1, -0.05) is 31.4 Å². The summed E-state index contributed by atoms with van der Waals surface area (Å²) in [6.45, 7) is 1.39. The molecule has 0 radical (unpaired) electrons. The number of carbonyl (C=O) groups excluding carboxylic acids is 3. The van der Waals surface area contributed by atoms with Crippen LogP contribution in [0, 0.1) is 11.8 Å². The number of anilines is 1. The summed E-state index contributed by atoms with van der Waals surface area (Å²) >= 11 is 0. The molecular weight excluding hydrogens is 458 g/mol. The first-order valence-corrected chi connectivity index (χ1v) is 13.0. The molecule has 3 N–H and O–H groups in total. The predicted molar refractivity (Wildman–Crippen MR) is 136 cm³/mol. The van der Waals surface area contributed by atoms with E-state index in [1.54, 1.807) is 16.0 Å². The Hall–Kier alpha value is -3.36. The third-order valence-electron chi connectivity index (χ3n) is 8.28. The molecule has 3 amide bonds. The molecule has 0 bridgehead atoms. The van der Waals surface area contributed by atoms with E-state index >= 15 is 0 Å². The highest BCUT2D eigenvalue weighted by molar-refractivity contribution is 5.93. The Kier molecular flexibility index (Phi) is 6.98. The van der Waals surface area contributed by atoms with E-state index in [9.17, 15) is 14.4 Å². The Morgan fingerprint density at radius 3 is 2.72 bits per heavy atom. The highest BCUT2D eigenvalue weighted by Crippen LogP contribution is 2.41. The summed E-state index contributed by atoms with van der Waals surface area (Å²) in [5.74, 6) is 0.746. The molecule has 2 aromatic rings. The summed E-state index contributed by atoms with van der Waals surface area (Å²) in [6, 6.07) is 6.67. The van der Waals surface area contributed by atoms with Crippen LogP contribution in [0.2, 0.25) is 0 Å². The van der Waals surface area contributed by atoms with Gasteiger partial charge in [0.05, 0.1) is 7.11 Å². The Labute approximate surface area is 211 Å². The molecular formula is C27H35N5O4. The molecule has 9 nitrogen and oxygen atoms in total. The lowest BCUT2D eigenvalue weighted by molar-refractivity contribution is -0.146. The zero-order valence-corrected chi connectivity index (χ0v) is 20.8. The molecule has 0 spiro atoms. The fraction of sp³-hybridized carbons (Fsp3) is 0.556. The Balaban J connectivity index is 1.30. The Morgan fingerprint density at radius 1 is 1.06 bits per heavy atom. The number of methoxy groups -OCH3 is 1. The number of ether oxygens (including phenoxy) is 1. The smallest absolute Gasteiger partial charge is 0.410 e. The van der Waals surface area contributed by atoms with Crippen LogP contribution in [0.25, 0.3) is 10.8 Å². The number of aromatic nitrogens is 1. The van der Waals surface area contributed by atoms with Crippen LogP contribution in [0.4, 0.5) is 10.6 Å². The van der Waals surface area contributed by atoms with Crippen molar-refractivity contribution in [1.29, 1.82) is 0 Å². The molecule has 1 aromatic carbocycles. The van der Waals surface area contributed by atoms with Gasteiger partial charge in [-0.25, -0.2) is 9.78 Å². The van der Waals surface area contributed by atoms with Crippen molar-refractivity contribution in [3.05, 3.63) is 36.0 Å². The second-order valence-electron chi connectivity index (χ2n) is 10.3. The first kappa shape index (κ1) is 24.3. The van der Waals surface area contributed by atoms with E-state index in [0.717, 1.165) is 48.4 Å². The van der Waals surface area contributed by atoms with Crippen LogP contribution < -0.4 is 11.1 Å². The minimum absolute atomic E-state index is 0.112. The minimum atomic E-state index is -0.555. The maximum absolute atomic E-state index is 13.9. The van der Waals surface area contributed by atoms with Crippen LogP contribution in [0.15, 0.2) is 30.5 Å². The van der Waals surface area contributed by atoms with Gasteiger partial charge in [0.2, 0.25) is 11.8 Å². The first-order chi connectivity index (χ1) is 17.5. The molecule has 36 heavy (non-hydrogen) atoms. The topological polar surface area (TPSA) is 118 Å². The Bertz CT molecular complexity index is 1150. The molecule has 1 saturated carbocycles. The number of nitrogens with zero attached hydrogens (tertiary/aromatic N) is 3. The van der Waals surface area contributed by atoms with Gasteiger partial charge in [0.1, 0.15) is 17.9 Å². The lowest BCUT2D eigenvalue weighted by Gasteiger charge is -2.47. The van der Waals surface area contributed by atoms with E-state index < -0.39 is 18.2 Å². The highest BCUT2D eigenvalue weighted by Gasteiger charge is 2.48. The molecule has 192 valence electrons. The average molecular weight is 494 g/mol. The van der Waals surface area contributed by atoms with Gasteiger partial charge < -0.3 is 20.7 Å². The van der Waals surface area contributed by atoms with Crippen LogP contribution in [0.3, 0.4) is 0 Å². The van der Waals surface area contributed by atoms with E-state index in [4.69, 9.17) is 10.5 Å². The number of pyridine rings is 1. The predicted octanol–water partition coefficient (Wildman–Crippen LogP) is 3.07.